The predicted octanol–water partition coefficient (Wildman–Crippen LogP) is 7.14. The van der Waals surface area contributed by atoms with Gasteiger partial charge in [0, 0.05) is 56.2 Å². The van der Waals surface area contributed by atoms with Crippen LogP contribution < -0.4 is 19.7 Å². The Kier molecular flexibility index (Phi) is 14.5. The van der Waals surface area contributed by atoms with Gasteiger partial charge in [-0.25, -0.2) is 4.21 Å². The number of anilines is 1. The fraction of sp³-hybridized carbons (Fsp3) is 0.659. The summed E-state index contributed by atoms with van der Waals surface area (Å²) in [5.41, 5.74) is 3.46. The van der Waals surface area contributed by atoms with Crippen molar-refractivity contribution in [3.05, 3.63) is 58.1 Å². The van der Waals surface area contributed by atoms with Gasteiger partial charge in [0.1, 0.15) is 16.7 Å². The molecule has 2 aromatic carbocycles. The standard InChI is InChI=1S/C39H55ClN4O5S.C2H6/c1-5-7-29-20-33(40)11-12-34(29)32-23-44-22-31-9-13-35(31)39(41-28(4)45,25-43-16-18-48-19-17-43)15-6-8-26(2)27(3)50(47)42-38(46)30-10-14-37(49-24-32)36(44)21-30;1-2/h10-12,14,20-21,26-27,31-32,35H,5-9,13,15-19,22-25H2,1-4H3,(H,41,45)(H,42,46);1-2H3/t26?,27?,31?,32?,35?,39-,50?;/m1./s1. The molecular formula is C41H61ClN4O5S. The van der Waals surface area contributed by atoms with Crippen LogP contribution >= 0.6 is 11.6 Å². The SMILES string of the molecule is CC.CCCc1cc(Cl)ccc1C1COc2ccc3cc2N(C1)CC1CCC1[C@@](CN1CCOCC1)(NC(C)=O)CCCC(C)C(C)S(=O)NC3=O. The van der Waals surface area contributed by atoms with Crippen molar-refractivity contribution in [3.8, 4) is 5.75 Å². The Morgan fingerprint density at radius 2 is 1.85 bits per heavy atom. The monoisotopic (exact) mass is 756 g/mol. The quantitative estimate of drug-likeness (QED) is 0.324. The normalized spacial score (nSPS) is 29.9. The van der Waals surface area contributed by atoms with Crippen LogP contribution in [0.4, 0.5) is 5.69 Å². The molecule has 6 rings (SSSR count). The average Bonchev–Trinajstić information content (AvgIpc) is 3.29. The zero-order valence-electron chi connectivity index (χ0n) is 32.2. The van der Waals surface area contributed by atoms with Gasteiger partial charge in [-0.15, -0.1) is 0 Å². The summed E-state index contributed by atoms with van der Waals surface area (Å²) < 4.78 is 28.6. The van der Waals surface area contributed by atoms with Crippen molar-refractivity contribution in [2.24, 2.45) is 17.8 Å². The zero-order chi connectivity index (χ0) is 37.4. The number of fused-ring (bicyclic) bond motifs is 2. The predicted molar refractivity (Wildman–Crippen MR) is 212 cm³/mol. The molecule has 1 aliphatic carbocycles. The second-order valence-electron chi connectivity index (χ2n) is 15.2. The maximum atomic E-state index is 13.6. The second-order valence-corrected chi connectivity index (χ2v) is 17.1. The van der Waals surface area contributed by atoms with Crippen LogP contribution in [0.15, 0.2) is 36.4 Å². The number of carbonyl (C=O) groups is 2. The summed E-state index contributed by atoms with van der Waals surface area (Å²) >= 11 is 6.48. The zero-order valence-corrected chi connectivity index (χ0v) is 33.8. The van der Waals surface area contributed by atoms with Crippen LogP contribution in [-0.2, 0) is 26.9 Å². The third kappa shape index (κ3) is 9.52. The Bertz CT molecular complexity index is 1550. The number of amides is 2. The molecule has 2 aromatic rings. The van der Waals surface area contributed by atoms with Gasteiger partial charge >= 0.3 is 0 Å². The van der Waals surface area contributed by atoms with Crippen LogP contribution in [0.3, 0.4) is 0 Å². The van der Waals surface area contributed by atoms with E-state index in [1.54, 1.807) is 13.0 Å². The van der Waals surface area contributed by atoms with E-state index in [1.165, 1.54) is 11.1 Å². The van der Waals surface area contributed by atoms with E-state index in [4.69, 9.17) is 21.1 Å². The molecule has 1 saturated heterocycles. The van der Waals surface area contributed by atoms with Gasteiger partial charge in [-0.05, 0) is 98.2 Å². The van der Waals surface area contributed by atoms with Crippen LogP contribution in [0.2, 0.25) is 5.02 Å². The molecule has 7 atom stereocenters. The number of halogens is 1. The summed E-state index contributed by atoms with van der Waals surface area (Å²) in [7, 11) is -1.55. The maximum Gasteiger partial charge on any atom is 0.263 e. The summed E-state index contributed by atoms with van der Waals surface area (Å²) in [5, 5.41) is 4.07. The van der Waals surface area contributed by atoms with Crippen LogP contribution in [0, 0.1) is 17.8 Å². The number of nitrogens with one attached hydrogen (secondary N) is 2. The molecule has 52 heavy (non-hydrogen) atoms. The highest BCUT2D eigenvalue weighted by Crippen LogP contribution is 2.47. The first-order valence-corrected chi connectivity index (χ1v) is 21.3. The Labute approximate surface area is 319 Å². The number of morpholine rings is 1. The van der Waals surface area contributed by atoms with Crippen molar-refractivity contribution < 1.29 is 23.3 Å². The lowest BCUT2D eigenvalue weighted by Crippen LogP contribution is -2.65. The molecule has 2 bridgehead atoms. The number of benzene rings is 2. The molecule has 2 N–H and O–H groups in total. The number of aryl methyl sites for hydroxylation is 1. The van der Waals surface area contributed by atoms with Crippen molar-refractivity contribution in [1.29, 1.82) is 0 Å². The summed E-state index contributed by atoms with van der Waals surface area (Å²) in [6.45, 7) is 17.8. The van der Waals surface area contributed by atoms with Crippen molar-refractivity contribution in [2.45, 2.75) is 103 Å². The van der Waals surface area contributed by atoms with E-state index in [9.17, 15) is 13.8 Å². The van der Waals surface area contributed by atoms with Gasteiger partial charge in [0.15, 0.2) is 0 Å². The molecule has 9 nitrogen and oxygen atoms in total. The molecule has 2 amide bonds. The molecule has 0 spiro atoms. The highest BCUT2D eigenvalue weighted by molar-refractivity contribution is 7.84. The molecule has 0 radical (unpaired) electrons. The first-order chi connectivity index (χ1) is 25.1. The molecule has 6 unspecified atom stereocenters. The van der Waals surface area contributed by atoms with Crippen molar-refractivity contribution in [3.63, 3.8) is 0 Å². The topological polar surface area (TPSA) is 100 Å². The van der Waals surface area contributed by atoms with E-state index in [0.717, 1.165) is 94.1 Å². The summed E-state index contributed by atoms with van der Waals surface area (Å²) in [6, 6.07) is 11.8. The number of ether oxygens (including phenoxy) is 2. The Hall–Kier alpha value is -2.66. The van der Waals surface area contributed by atoms with Gasteiger partial charge < -0.3 is 19.7 Å². The van der Waals surface area contributed by atoms with E-state index in [2.05, 4.69) is 45.8 Å². The van der Waals surface area contributed by atoms with E-state index < -0.39 is 16.5 Å². The number of hydrogen-bond acceptors (Lipinski definition) is 7. The van der Waals surface area contributed by atoms with Gasteiger partial charge in [0.05, 0.1) is 36.3 Å². The van der Waals surface area contributed by atoms with Crippen molar-refractivity contribution in [1.82, 2.24) is 14.9 Å². The summed E-state index contributed by atoms with van der Waals surface area (Å²) in [5.74, 6) is 1.25. The largest absolute Gasteiger partial charge is 0.491 e. The Morgan fingerprint density at radius 3 is 2.54 bits per heavy atom. The molecule has 2 fully saturated rings. The number of rotatable bonds is 6. The first kappa shape index (κ1) is 40.5. The number of nitrogens with zero attached hydrogens (tertiary/aromatic N) is 2. The second kappa shape index (κ2) is 18.6. The van der Waals surface area contributed by atoms with Gasteiger partial charge in [-0.2, -0.15) is 0 Å². The molecule has 3 aliphatic heterocycles. The minimum absolute atomic E-state index is 0.00737. The minimum atomic E-state index is -1.55. The van der Waals surface area contributed by atoms with E-state index in [-0.39, 0.29) is 34.8 Å². The maximum absolute atomic E-state index is 13.6. The molecule has 11 heteroatoms. The Morgan fingerprint density at radius 1 is 1.08 bits per heavy atom. The Balaban J connectivity index is 0.00000257. The van der Waals surface area contributed by atoms with E-state index in [1.807, 2.05) is 39.0 Å². The van der Waals surface area contributed by atoms with Crippen LogP contribution in [0.5, 0.6) is 5.75 Å². The molecule has 3 heterocycles. The number of hydrogen-bond donors (Lipinski definition) is 2. The van der Waals surface area contributed by atoms with E-state index >= 15 is 0 Å². The lowest BCUT2D eigenvalue weighted by atomic mass is 9.61. The van der Waals surface area contributed by atoms with Gasteiger partial charge in [-0.3, -0.25) is 19.2 Å². The summed E-state index contributed by atoms with van der Waals surface area (Å²) in [4.78, 5) is 31.5. The van der Waals surface area contributed by atoms with Crippen LogP contribution in [0.25, 0.3) is 0 Å². The molecule has 288 valence electrons. The van der Waals surface area contributed by atoms with E-state index in [0.29, 0.717) is 31.3 Å². The fourth-order valence-corrected chi connectivity index (χ4v) is 10.0. The van der Waals surface area contributed by atoms with Gasteiger partial charge in [-0.1, -0.05) is 58.2 Å². The number of carbonyl (C=O) groups excluding carboxylic acids is 2. The molecular weight excluding hydrogens is 696 g/mol. The van der Waals surface area contributed by atoms with Gasteiger partial charge in [0.25, 0.3) is 5.91 Å². The highest BCUT2D eigenvalue weighted by Gasteiger charge is 2.49. The third-order valence-electron chi connectivity index (χ3n) is 11.7. The molecule has 1 saturated carbocycles. The molecule has 4 aliphatic rings. The fourth-order valence-electron chi connectivity index (χ4n) is 8.77. The first-order valence-electron chi connectivity index (χ1n) is 19.7. The minimum Gasteiger partial charge on any atom is -0.491 e. The average molecular weight is 757 g/mol. The highest BCUT2D eigenvalue weighted by atomic mass is 35.5. The summed E-state index contributed by atoms with van der Waals surface area (Å²) in [6.07, 6.45) is 6.66. The lowest BCUT2D eigenvalue weighted by molar-refractivity contribution is -0.124. The van der Waals surface area contributed by atoms with Crippen LogP contribution in [0.1, 0.15) is 107 Å². The molecule has 0 aromatic heterocycles. The lowest BCUT2D eigenvalue weighted by Gasteiger charge is -2.54. The van der Waals surface area contributed by atoms with Crippen molar-refractivity contribution in [2.75, 3.05) is 57.4 Å². The van der Waals surface area contributed by atoms with Crippen LogP contribution in [-0.4, -0.2) is 84.3 Å². The third-order valence-corrected chi connectivity index (χ3v) is 13.5. The van der Waals surface area contributed by atoms with Crippen molar-refractivity contribution >= 4 is 40.1 Å². The van der Waals surface area contributed by atoms with Gasteiger partial charge in [0.2, 0.25) is 5.91 Å². The smallest absolute Gasteiger partial charge is 0.263 e.